The maximum Gasteiger partial charge on any atom is 0.123 e. The molecule has 1 rings (SSSR count). The molecule has 1 unspecified atom stereocenters. The molecular formula is C12H17BrO. The molecule has 1 nitrogen and oxygen atoms in total. The Bertz CT molecular complexity index is 307. The normalized spacial score (nSPS) is 13.0. The summed E-state index contributed by atoms with van der Waals surface area (Å²) in [6, 6.07) is 6.11. The van der Waals surface area contributed by atoms with Crippen LogP contribution in [0.5, 0.6) is 5.75 Å². The van der Waals surface area contributed by atoms with E-state index in [4.69, 9.17) is 4.74 Å². The van der Waals surface area contributed by atoms with Crippen molar-refractivity contribution < 1.29 is 4.74 Å². The fourth-order valence-corrected chi connectivity index (χ4v) is 1.38. The van der Waals surface area contributed by atoms with Gasteiger partial charge in [0, 0.05) is 4.47 Å². The van der Waals surface area contributed by atoms with Gasteiger partial charge < -0.3 is 4.74 Å². The Morgan fingerprint density at radius 1 is 1.21 bits per heavy atom. The van der Waals surface area contributed by atoms with Gasteiger partial charge in [0.25, 0.3) is 0 Å². The molecule has 0 aliphatic carbocycles. The van der Waals surface area contributed by atoms with E-state index in [-0.39, 0.29) is 6.10 Å². The van der Waals surface area contributed by atoms with E-state index >= 15 is 0 Å². The molecule has 0 aliphatic rings. The smallest absolute Gasteiger partial charge is 0.123 e. The molecule has 0 radical (unpaired) electrons. The van der Waals surface area contributed by atoms with Gasteiger partial charge in [0.15, 0.2) is 0 Å². The molecule has 0 aliphatic heterocycles. The summed E-state index contributed by atoms with van der Waals surface area (Å²) in [5, 5.41) is 0. The third-order valence-corrected chi connectivity index (χ3v) is 2.90. The second kappa shape index (κ2) is 4.83. The maximum absolute atomic E-state index is 5.86. The van der Waals surface area contributed by atoms with Gasteiger partial charge in [-0.05, 0) is 37.5 Å². The highest BCUT2D eigenvalue weighted by molar-refractivity contribution is 9.10. The first kappa shape index (κ1) is 11.6. The summed E-state index contributed by atoms with van der Waals surface area (Å²) >= 11 is 3.44. The molecule has 1 atom stereocenters. The van der Waals surface area contributed by atoms with Crippen LogP contribution in [0, 0.1) is 12.8 Å². The van der Waals surface area contributed by atoms with E-state index in [0.29, 0.717) is 5.92 Å². The highest BCUT2D eigenvalue weighted by Gasteiger charge is 2.10. The minimum absolute atomic E-state index is 0.253. The van der Waals surface area contributed by atoms with Crippen LogP contribution in [0.15, 0.2) is 22.7 Å². The zero-order valence-corrected chi connectivity index (χ0v) is 10.8. The average molecular weight is 257 g/mol. The lowest BCUT2D eigenvalue weighted by molar-refractivity contribution is 0.169. The number of aryl methyl sites for hydroxylation is 1. The standard InChI is InChI=1S/C12H17BrO/c1-8(2)10(4)14-12-7-11(13)6-5-9(12)3/h5-8,10H,1-4H3. The second-order valence-electron chi connectivity index (χ2n) is 3.98. The van der Waals surface area contributed by atoms with E-state index < -0.39 is 0 Å². The van der Waals surface area contributed by atoms with E-state index in [2.05, 4.69) is 49.7 Å². The molecule has 1 aromatic carbocycles. The molecule has 0 amide bonds. The Morgan fingerprint density at radius 2 is 1.86 bits per heavy atom. The van der Waals surface area contributed by atoms with Gasteiger partial charge in [-0.15, -0.1) is 0 Å². The van der Waals surface area contributed by atoms with Crippen LogP contribution in [-0.2, 0) is 0 Å². The molecule has 2 heteroatoms. The van der Waals surface area contributed by atoms with Crippen molar-refractivity contribution >= 4 is 15.9 Å². The molecule has 1 aromatic rings. The van der Waals surface area contributed by atoms with Gasteiger partial charge in [0.05, 0.1) is 6.10 Å². The van der Waals surface area contributed by atoms with E-state index in [9.17, 15) is 0 Å². The van der Waals surface area contributed by atoms with Crippen LogP contribution in [0.1, 0.15) is 26.3 Å². The Labute approximate surface area is 94.6 Å². The van der Waals surface area contributed by atoms with Crippen molar-refractivity contribution in [3.8, 4) is 5.75 Å². The summed E-state index contributed by atoms with van der Waals surface area (Å²) in [7, 11) is 0. The zero-order valence-electron chi connectivity index (χ0n) is 9.17. The Balaban J connectivity index is 2.80. The number of hydrogen-bond donors (Lipinski definition) is 0. The molecule has 0 saturated heterocycles. The summed E-state index contributed by atoms with van der Waals surface area (Å²) in [5.41, 5.74) is 1.18. The van der Waals surface area contributed by atoms with E-state index in [1.165, 1.54) is 5.56 Å². The topological polar surface area (TPSA) is 9.23 Å². The van der Waals surface area contributed by atoms with Crippen molar-refractivity contribution in [1.82, 2.24) is 0 Å². The third kappa shape index (κ3) is 3.02. The number of benzene rings is 1. The Hall–Kier alpha value is -0.500. The highest BCUT2D eigenvalue weighted by atomic mass is 79.9. The largest absolute Gasteiger partial charge is 0.490 e. The van der Waals surface area contributed by atoms with Gasteiger partial charge in [-0.3, -0.25) is 0 Å². The number of rotatable bonds is 3. The molecule has 0 N–H and O–H groups in total. The van der Waals surface area contributed by atoms with Crippen molar-refractivity contribution in [2.24, 2.45) is 5.92 Å². The van der Waals surface area contributed by atoms with E-state index in [1.54, 1.807) is 0 Å². The van der Waals surface area contributed by atoms with Gasteiger partial charge in [0.2, 0.25) is 0 Å². The molecule has 0 bridgehead atoms. The first-order chi connectivity index (χ1) is 6.50. The summed E-state index contributed by atoms with van der Waals surface area (Å²) in [5.74, 6) is 1.51. The lowest BCUT2D eigenvalue weighted by Crippen LogP contribution is -2.19. The zero-order chi connectivity index (χ0) is 10.7. The SMILES string of the molecule is Cc1ccc(Br)cc1OC(C)C(C)C. The maximum atomic E-state index is 5.86. The number of halogens is 1. The Morgan fingerprint density at radius 3 is 2.43 bits per heavy atom. The first-order valence-electron chi connectivity index (χ1n) is 4.93. The Kier molecular flexibility index (Phi) is 3.99. The lowest BCUT2D eigenvalue weighted by atomic mass is 10.1. The minimum Gasteiger partial charge on any atom is -0.490 e. The molecule has 0 heterocycles. The quantitative estimate of drug-likeness (QED) is 0.789. The summed E-state index contributed by atoms with van der Waals surface area (Å²) in [6.07, 6.45) is 0.253. The second-order valence-corrected chi connectivity index (χ2v) is 4.89. The lowest BCUT2D eigenvalue weighted by Gasteiger charge is -2.19. The summed E-state index contributed by atoms with van der Waals surface area (Å²) in [6.45, 7) is 8.50. The highest BCUT2D eigenvalue weighted by Crippen LogP contribution is 2.24. The van der Waals surface area contributed by atoms with Crippen LogP contribution in [0.2, 0.25) is 0 Å². The van der Waals surface area contributed by atoms with Crippen molar-refractivity contribution in [3.63, 3.8) is 0 Å². The monoisotopic (exact) mass is 256 g/mol. The van der Waals surface area contributed by atoms with Gasteiger partial charge in [-0.2, -0.15) is 0 Å². The molecule has 0 fully saturated rings. The molecular weight excluding hydrogens is 240 g/mol. The van der Waals surface area contributed by atoms with Crippen molar-refractivity contribution in [2.75, 3.05) is 0 Å². The number of ether oxygens (including phenoxy) is 1. The van der Waals surface area contributed by atoms with E-state index in [1.807, 2.05) is 12.1 Å². The molecule has 0 aromatic heterocycles. The van der Waals surface area contributed by atoms with Crippen molar-refractivity contribution in [1.29, 1.82) is 0 Å². The summed E-state index contributed by atoms with van der Waals surface area (Å²) < 4.78 is 6.92. The van der Waals surface area contributed by atoms with Crippen LogP contribution in [0.3, 0.4) is 0 Å². The van der Waals surface area contributed by atoms with Crippen LogP contribution >= 0.6 is 15.9 Å². The summed E-state index contributed by atoms with van der Waals surface area (Å²) in [4.78, 5) is 0. The fraction of sp³-hybridized carbons (Fsp3) is 0.500. The van der Waals surface area contributed by atoms with Gasteiger partial charge in [0.1, 0.15) is 5.75 Å². The fourth-order valence-electron chi connectivity index (χ4n) is 1.04. The predicted molar refractivity (Wildman–Crippen MR) is 63.8 cm³/mol. The van der Waals surface area contributed by atoms with Crippen LogP contribution in [0.25, 0.3) is 0 Å². The van der Waals surface area contributed by atoms with Gasteiger partial charge in [-0.1, -0.05) is 35.8 Å². The van der Waals surface area contributed by atoms with Crippen LogP contribution in [-0.4, -0.2) is 6.10 Å². The van der Waals surface area contributed by atoms with Crippen molar-refractivity contribution in [2.45, 2.75) is 33.8 Å². The van der Waals surface area contributed by atoms with Crippen molar-refractivity contribution in [3.05, 3.63) is 28.2 Å². The van der Waals surface area contributed by atoms with Crippen LogP contribution in [0.4, 0.5) is 0 Å². The average Bonchev–Trinajstić information content (AvgIpc) is 2.11. The van der Waals surface area contributed by atoms with Gasteiger partial charge in [-0.25, -0.2) is 0 Å². The molecule has 78 valence electrons. The van der Waals surface area contributed by atoms with Crippen LogP contribution < -0.4 is 4.74 Å². The molecule has 14 heavy (non-hydrogen) atoms. The molecule has 0 spiro atoms. The van der Waals surface area contributed by atoms with Gasteiger partial charge >= 0.3 is 0 Å². The predicted octanol–water partition coefficient (Wildman–Crippen LogP) is 4.18. The minimum atomic E-state index is 0.253. The molecule has 0 saturated carbocycles. The number of hydrogen-bond acceptors (Lipinski definition) is 1. The first-order valence-corrected chi connectivity index (χ1v) is 5.73. The third-order valence-electron chi connectivity index (χ3n) is 2.40. The van der Waals surface area contributed by atoms with E-state index in [0.717, 1.165) is 10.2 Å².